The molecule has 0 saturated carbocycles. The smallest absolute Gasteiger partial charge is 0.276 e. The average molecular weight is 384 g/mol. The molecule has 0 radical (unpaired) electrons. The summed E-state index contributed by atoms with van der Waals surface area (Å²) in [7, 11) is 0. The number of aromatic amines is 1. The molecule has 130 valence electrons. The number of benzene rings is 1. The van der Waals surface area contributed by atoms with E-state index in [1.54, 1.807) is 6.07 Å². The lowest BCUT2D eigenvalue weighted by molar-refractivity contribution is -0.113. The summed E-state index contributed by atoms with van der Waals surface area (Å²) in [5.74, 6) is 0.0821. The Bertz CT molecular complexity index is 1100. The number of fused-ring (bicyclic) bond motifs is 1. The van der Waals surface area contributed by atoms with Crippen molar-refractivity contribution in [3.05, 3.63) is 58.5 Å². The van der Waals surface area contributed by atoms with E-state index < -0.39 is 0 Å². The molecule has 10 heteroatoms. The Balaban J connectivity index is 1.67. The van der Waals surface area contributed by atoms with Crippen molar-refractivity contribution in [2.45, 2.75) is 5.16 Å². The third-order valence-electron chi connectivity index (χ3n) is 3.47. The maximum Gasteiger partial charge on any atom is 0.276 e. The van der Waals surface area contributed by atoms with Crippen molar-refractivity contribution in [3.8, 4) is 5.69 Å². The molecule has 0 spiro atoms. The van der Waals surface area contributed by atoms with Gasteiger partial charge in [-0.05, 0) is 23.6 Å². The summed E-state index contributed by atoms with van der Waals surface area (Å²) in [6.07, 6.45) is 1.31. The second-order valence-corrected chi connectivity index (χ2v) is 7.03. The number of carbonyl (C=O) groups excluding carboxylic acids is 1. The fourth-order valence-electron chi connectivity index (χ4n) is 2.36. The maximum absolute atomic E-state index is 12.9. The van der Waals surface area contributed by atoms with Crippen LogP contribution in [0.2, 0.25) is 0 Å². The van der Waals surface area contributed by atoms with Gasteiger partial charge in [0.25, 0.3) is 5.56 Å². The van der Waals surface area contributed by atoms with E-state index in [1.165, 1.54) is 34.0 Å². The van der Waals surface area contributed by atoms with Gasteiger partial charge in [-0.2, -0.15) is 10.1 Å². The number of nitrogens with zero attached hydrogens (tertiary/aromatic N) is 4. The maximum atomic E-state index is 12.9. The van der Waals surface area contributed by atoms with Crippen molar-refractivity contribution >= 4 is 45.2 Å². The number of aromatic nitrogens is 5. The molecular formula is C16H12N6O2S2. The van der Waals surface area contributed by atoms with Crippen molar-refractivity contribution < 1.29 is 4.79 Å². The predicted octanol–water partition coefficient (Wildman–Crippen LogP) is 2.30. The summed E-state index contributed by atoms with van der Waals surface area (Å²) in [5.41, 5.74) is 1.19. The molecule has 1 amide bonds. The lowest BCUT2D eigenvalue weighted by atomic mass is 10.3. The fraction of sp³-hybridized carbons (Fsp3) is 0.0625. The summed E-state index contributed by atoms with van der Waals surface area (Å²) < 4.78 is 2.12. The van der Waals surface area contributed by atoms with E-state index in [2.05, 4.69) is 25.5 Å². The molecule has 4 aromatic rings. The standard InChI is InChI=1S/C16H12N6O2S2/c23-12(20-15-17-9-18-21-15)8-26-16-19-11-6-7-25-13(11)14(24)22(16)10-4-2-1-3-5-10/h1-7,9H,8H2,(H2,17,18,20,21,23). The van der Waals surface area contributed by atoms with Gasteiger partial charge in [-0.25, -0.2) is 10.1 Å². The van der Waals surface area contributed by atoms with Crippen molar-refractivity contribution in [2.75, 3.05) is 11.1 Å². The van der Waals surface area contributed by atoms with Crippen LogP contribution in [-0.2, 0) is 4.79 Å². The van der Waals surface area contributed by atoms with E-state index in [-0.39, 0.29) is 23.2 Å². The van der Waals surface area contributed by atoms with Gasteiger partial charge < -0.3 is 0 Å². The number of H-pyrrole nitrogens is 1. The van der Waals surface area contributed by atoms with Gasteiger partial charge in [-0.3, -0.25) is 19.5 Å². The number of nitrogens with one attached hydrogen (secondary N) is 2. The van der Waals surface area contributed by atoms with Crippen LogP contribution >= 0.6 is 23.1 Å². The summed E-state index contributed by atoms with van der Waals surface area (Å²) in [5, 5.41) is 11.1. The van der Waals surface area contributed by atoms with E-state index in [0.29, 0.717) is 21.1 Å². The van der Waals surface area contributed by atoms with Crippen molar-refractivity contribution in [3.63, 3.8) is 0 Å². The number of hydrogen-bond acceptors (Lipinski definition) is 7. The van der Waals surface area contributed by atoms with Crippen molar-refractivity contribution in [1.29, 1.82) is 0 Å². The van der Waals surface area contributed by atoms with Gasteiger partial charge in [0.05, 0.1) is 17.0 Å². The van der Waals surface area contributed by atoms with Crippen molar-refractivity contribution in [2.24, 2.45) is 0 Å². The second-order valence-electron chi connectivity index (χ2n) is 5.18. The zero-order valence-corrected chi connectivity index (χ0v) is 14.9. The molecule has 0 aliphatic rings. The van der Waals surface area contributed by atoms with Crippen LogP contribution in [0.4, 0.5) is 5.95 Å². The van der Waals surface area contributed by atoms with Gasteiger partial charge in [0.15, 0.2) is 5.16 Å². The highest BCUT2D eigenvalue weighted by Gasteiger charge is 2.15. The molecule has 4 rings (SSSR count). The molecule has 0 unspecified atom stereocenters. The highest BCUT2D eigenvalue weighted by atomic mass is 32.2. The number of carbonyl (C=O) groups is 1. The zero-order chi connectivity index (χ0) is 17.9. The Morgan fingerprint density at radius 3 is 2.88 bits per heavy atom. The molecule has 1 aromatic carbocycles. The summed E-state index contributed by atoms with van der Waals surface area (Å²) in [4.78, 5) is 33.4. The Hall–Kier alpha value is -2.98. The quantitative estimate of drug-likeness (QED) is 0.404. The van der Waals surface area contributed by atoms with Crippen LogP contribution in [0.3, 0.4) is 0 Å². The average Bonchev–Trinajstić information content (AvgIpc) is 3.32. The molecule has 0 aliphatic carbocycles. The van der Waals surface area contributed by atoms with Crippen LogP contribution in [0.15, 0.2) is 58.1 Å². The zero-order valence-electron chi connectivity index (χ0n) is 13.2. The Kier molecular flexibility index (Phi) is 4.50. The highest BCUT2D eigenvalue weighted by Crippen LogP contribution is 2.23. The molecule has 0 atom stereocenters. The Morgan fingerprint density at radius 2 is 2.12 bits per heavy atom. The summed E-state index contributed by atoms with van der Waals surface area (Å²) >= 11 is 2.54. The van der Waals surface area contributed by atoms with E-state index in [9.17, 15) is 9.59 Å². The molecule has 0 fully saturated rings. The second kappa shape index (κ2) is 7.10. The van der Waals surface area contributed by atoms with Gasteiger partial charge >= 0.3 is 0 Å². The third-order valence-corrected chi connectivity index (χ3v) is 5.30. The summed E-state index contributed by atoms with van der Waals surface area (Å²) in [6, 6.07) is 11.1. The first-order valence-corrected chi connectivity index (χ1v) is 9.42. The number of thioether (sulfide) groups is 1. The van der Waals surface area contributed by atoms with Gasteiger partial charge in [0.2, 0.25) is 11.9 Å². The molecule has 3 aromatic heterocycles. The predicted molar refractivity (Wildman–Crippen MR) is 101 cm³/mol. The minimum Gasteiger partial charge on any atom is -0.294 e. The van der Waals surface area contributed by atoms with Gasteiger partial charge in [0, 0.05) is 0 Å². The molecule has 26 heavy (non-hydrogen) atoms. The molecule has 0 aliphatic heterocycles. The van der Waals surface area contributed by atoms with Gasteiger partial charge in [-0.15, -0.1) is 11.3 Å². The van der Waals surface area contributed by atoms with E-state index in [1.807, 2.05) is 35.7 Å². The lowest BCUT2D eigenvalue weighted by Gasteiger charge is -2.11. The SMILES string of the molecule is O=C(CSc1nc2ccsc2c(=O)n1-c1ccccc1)Nc1ncn[nH]1. The Labute approximate surface area is 155 Å². The van der Waals surface area contributed by atoms with Crippen LogP contribution in [0.5, 0.6) is 0 Å². The first-order chi connectivity index (χ1) is 12.7. The number of rotatable bonds is 5. The number of anilines is 1. The third kappa shape index (κ3) is 3.24. The largest absolute Gasteiger partial charge is 0.294 e. The van der Waals surface area contributed by atoms with E-state index in [4.69, 9.17) is 0 Å². The summed E-state index contributed by atoms with van der Waals surface area (Å²) in [6.45, 7) is 0. The van der Waals surface area contributed by atoms with Gasteiger partial charge in [0.1, 0.15) is 11.0 Å². The van der Waals surface area contributed by atoms with E-state index >= 15 is 0 Å². The Morgan fingerprint density at radius 1 is 1.27 bits per heavy atom. The number of amides is 1. The minimum absolute atomic E-state index is 0.0790. The van der Waals surface area contributed by atoms with Crippen LogP contribution in [0.1, 0.15) is 0 Å². The molecular weight excluding hydrogens is 372 g/mol. The molecule has 8 nitrogen and oxygen atoms in total. The number of para-hydroxylation sites is 1. The minimum atomic E-state index is -0.272. The molecule has 3 heterocycles. The number of thiophene rings is 1. The monoisotopic (exact) mass is 384 g/mol. The first-order valence-electron chi connectivity index (χ1n) is 7.56. The number of hydrogen-bond donors (Lipinski definition) is 2. The van der Waals surface area contributed by atoms with Crippen LogP contribution in [0, 0.1) is 0 Å². The molecule has 2 N–H and O–H groups in total. The highest BCUT2D eigenvalue weighted by molar-refractivity contribution is 7.99. The molecule has 0 bridgehead atoms. The van der Waals surface area contributed by atoms with E-state index in [0.717, 1.165) is 0 Å². The normalized spacial score (nSPS) is 10.9. The first kappa shape index (κ1) is 16.5. The van der Waals surface area contributed by atoms with Gasteiger partial charge in [-0.1, -0.05) is 30.0 Å². The fourth-order valence-corrected chi connectivity index (χ4v) is 3.93. The molecule has 0 saturated heterocycles. The van der Waals surface area contributed by atoms with Crippen molar-refractivity contribution in [1.82, 2.24) is 24.7 Å². The lowest BCUT2D eigenvalue weighted by Crippen LogP contribution is -2.22. The topological polar surface area (TPSA) is 106 Å². The van der Waals surface area contributed by atoms with Crippen LogP contribution in [0.25, 0.3) is 15.9 Å². The van der Waals surface area contributed by atoms with Crippen LogP contribution < -0.4 is 10.9 Å². The van der Waals surface area contributed by atoms with Crippen LogP contribution in [-0.4, -0.2) is 36.4 Å².